The van der Waals surface area contributed by atoms with Crippen LogP contribution in [0.4, 0.5) is 0 Å². The highest BCUT2D eigenvalue weighted by Crippen LogP contribution is 2.41. The molecule has 258 valence electrons. The molecule has 0 amide bonds. The molecule has 1 aliphatic carbocycles. The van der Waals surface area contributed by atoms with Crippen LogP contribution in [0.5, 0.6) is 28.7 Å². The van der Waals surface area contributed by atoms with Crippen LogP contribution in [0, 0.1) is 11.8 Å². The molecule has 6 N–H and O–H groups in total. The lowest BCUT2D eigenvalue weighted by Gasteiger charge is -2.30. The Hall–Kier alpha value is -2.06. The number of benzene rings is 2. The number of phenols is 2. The molecule has 2 aromatic carbocycles. The summed E-state index contributed by atoms with van der Waals surface area (Å²) in [5.41, 5.74) is 2.70. The summed E-state index contributed by atoms with van der Waals surface area (Å²) < 4.78 is 22.7. The molecule has 0 saturated heterocycles. The first kappa shape index (κ1) is 36.8. The molecule has 6 atom stereocenters. The number of aryl methyl sites for hydroxylation is 1. The Morgan fingerprint density at radius 1 is 0.826 bits per heavy atom. The number of methoxy groups -OCH3 is 2. The minimum atomic E-state index is -0.952. The number of hydrogen-bond donors (Lipinski definition) is 6. The highest BCUT2D eigenvalue weighted by Gasteiger charge is 2.31. The smallest absolute Gasteiger partial charge is 0.200 e. The van der Waals surface area contributed by atoms with Crippen LogP contribution in [0.15, 0.2) is 24.3 Å². The van der Waals surface area contributed by atoms with E-state index in [-0.39, 0.29) is 42.1 Å². The molecule has 46 heavy (non-hydrogen) atoms. The molecule has 1 heterocycles. The molecule has 0 radical (unpaired) electrons. The van der Waals surface area contributed by atoms with Gasteiger partial charge >= 0.3 is 0 Å². The van der Waals surface area contributed by atoms with E-state index in [1.54, 1.807) is 29.0 Å². The molecular formula is C34H50O10S2. The molecule has 1 saturated carbocycles. The van der Waals surface area contributed by atoms with E-state index < -0.39 is 31.0 Å². The van der Waals surface area contributed by atoms with Gasteiger partial charge in [0.25, 0.3) is 0 Å². The zero-order chi connectivity index (χ0) is 33.1. The summed E-state index contributed by atoms with van der Waals surface area (Å²) in [5.74, 6) is 1.81. The molecule has 0 unspecified atom stereocenters. The Bertz CT molecular complexity index is 1210. The fourth-order valence-electron chi connectivity index (χ4n) is 6.63. The number of fused-ring (bicyclic) bond motifs is 1. The predicted molar refractivity (Wildman–Crippen MR) is 180 cm³/mol. The van der Waals surface area contributed by atoms with Crippen molar-refractivity contribution < 1.29 is 49.6 Å². The molecule has 0 aromatic heterocycles. The van der Waals surface area contributed by atoms with Crippen molar-refractivity contribution in [1.29, 1.82) is 0 Å². The van der Waals surface area contributed by atoms with Gasteiger partial charge in [-0.25, -0.2) is 0 Å². The Morgan fingerprint density at radius 3 is 2.28 bits per heavy atom. The van der Waals surface area contributed by atoms with E-state index in [1.807, 2.05) is 6.07 Å². The van der Waals surface area contributed by atoms with Crippen molar-refractivity contribution >= 4 is 21.6 Å². The fraction of sp³-hybridized carbons (Fsp3) is 0.647. The predicted octanol–water partition coefficient (Wildman–Crippen LogP) is 4.96. The number of ether oxygens (including phenoxy) is 4. The van der Waals surface area contributed by atoms with Gasteiger partial charge in [-0.1, -0.05) is 28.0 Å². The summed E-state index contributed by atoms with van der Waals surface area (Å²) >= 11 is 0. The van der Waals surface area contributed by atoms with Gasteiger partial charge in [0.2, 0.25) is 5.75 Å². The normalized spacial score (nSPS) is 26.2. The van der Waals surface area contributed by atoms with Gasteiger partial charge in [-0.3, -0.25) is 0 Å². The lowest BCUT2D eigenvalue weighted by molar-refractivity contribution is -0.0808. The van der Waals surface area contributed by atoms with Crippen molar-refractivity contribution in [1.82, 2.24) is 0 Å². The zero-order valence-corrected chi connectivity index (χ0v) is 28.4. The Labute approximate surface area is 279 Å². The summed E-state index contributed by atoms with van der Waals surface area (Å²) in [6, 6.07) is 7.04. The molecule has 1 fully saturated rings. The van der Waals surface area contributed by atoms with E-state index in [9.17, 15) is 30.6 Å². The van der Waals surface area contributed by atoms with Crippen LogP contribution in [-0.2, 0) is 23.3 Å². The number of phenolic OH excluding ortho intramolecular Hbond substituents is 2. The lowest BCUT2D eigenvalue weighted by atomic mass is 9.84. The second-order valence-corrected chi connectivity index (χ2v) is 14.8. The Morgan fingerprint density at radius 2 is 1.59 bits per heavy atom. The van der Waals surface area contributed by atoms with Crippen LogP contribution in [0.25, 0.3) is 0 Å². The van der Waals surface area contributed by atoms with Crippen molar-refractivity contribution in [3.05, 3.63) is 41.0 Å². The molecule has 4 rings (SSSR count). The number of aliphatic hydroxyl groups excluding tert-OH is 4. The summed E-state index contributed by atoms with van der Waals surface area (Å²) in [6.45, 7) is -0.303. The molecule has 0 bridgehead atoms. The number of aromatic hydroxyl groups is 2. The van der Waals surface area contributed by atoms with Gasteiger partial charge < -0.3 is 49.6 Å². The van der Waals surface area contributed by atoms with Gasteiger partial charge in [0, 0.05) is 24.0 Å². The van der Waals surface area contributed by atoms with Crippen LogP contribution in [0.1, 0.15) is 68.1 Å². The van der Waals surface area contributed by atoms with Gasteiger partial charge in [-0.2, -0.15) is 0 Å². The summed E-state index contributed by atoms with van der Waals surface area (Å²) in [7, 11) is 5.97. The third-order valence-electron chi connectivity index (χ3n) is 9.17. The first-order valence-electron chi connectivity index (χ1n) is 16.1. The SMILES string of the molecule is COc1cc(C[C@H]2[C@H](O)C[C@@H](OCO)CCc3cc(O[C@@H]4CCC[C@@H](CCCO)C4)c(O)cc3CSSC[C@@H]2O)cc(OC)c1O. The van der Waals surface area contributed by atoms with Gasteiger partial charge in [-0.15, -0.1) is 0 Å². The summed E-state index contributed by atoms with van der Waals surface area (Å²) in [5, 5.41) is 63.1. The van der Waals surface area contributed by atoms with Crippen LogP contribution >= 0.6 is 21.6 Å². The maximum absolute atomic E-state index is 11.5. The Balaban J connectivity index is 1.52. The molecule has 2 aliphatic rings. The minimum absolute atomic E-state index is 0.00800. The average Bonchev–Trinajstić information content (AvgIpc) is 3.05. The van der Waals surface area contributed by atoms with E-state index >= 15 is 0 Å². The second-order valence-electron chi connectivity index (χ2n) is 12.3. The number of aliphatic hydroxyl groups is 4. The maximum atomic E-state index is 11.5. The second kappa shape index (κ2) is 18.5. The topological polar surface area (TPSA) is 158 Å². The van der Waals surface area contributed by atoms with Crippen molar-refractivity contribution in [2.45, 2.75) is 94.4 Å². The zero-order valence-electron chi connectivity index (χ0n) is 26.8. The Kier molecular flexibility index (Phi) is 14.8. The molecule has 1 aliphatic heterocycles. The largest absolute Gasteiger partial charge is 0.504 e. The van der Waals surface area contributed by atoms with Crippen molar-refractivity contribution in [3.8, 4) is 28.7 Å². The standard InChI is InChI=1S/C34H50O10S2/c1-41-32-13-22(14-33(42-2)34(32)40)12-27-28(37)17-25(43-20-36)9-8-23-16-31(29(38)15-24(23)18-45-46-19-30(27)39)44-26-7-3-5-21(11-26)6-4-10-35/h13-16,21,25-28,30,35-40H,3-12,17-20H2,1-2H3/t21-,25-,26+,27-,28+,30-/m0/s1. The van der Waals surface area contributed by atoms with E-state index in [0.29, 0.717) is 42.4 Å². The van der Waals surface area contributed by atoms with E-state index in [2.05, 4.69) is 0 Å². The quantitative estimate of drug-likeness (QED) is 0.140. The van der Waals surface area contributed by atoms with Crippen LogP contribution < -0.4 is 14.2 Å². The average molecular weight is 683 g/mol. The van der Waals surface area contributed by atoms with Crippen molar-refractivity contribution in [2.24, 2.45) is 11.8 Å². The third kappa shape index (κ3) is 10.2. The highest BCUT2D eigenvalue weighted by atomic mass is 33.1. The first-order valence-corrected chi connectivity index (χ1v) is 18.6. The van der Waals surface area contributed by atoms with Crippen molar-refractivity contribution in [3.63, 3.8) is 0 Å². The minimum Gasteiger partial charge on any atom is -0.504 e. The number of rotatable bonds is 11. The van der Waals surface area contributed by atoms with E-state index in [1.165, 1.54) is 25.0 Å². The van der Waals surface area contributed by atoms with Crippen LogP contribution in [0.2, 0.25) is 0 Å². The molecular weight excluding hydrogens is 632 g/mol. The van der Waals surface area contributed by atoms with Crippen molar-refractivity contribution in [2.75, 3.05) is 33.4 Å². The highest BCUT2D eigenvalue weighted by molar-refractivity contribution is 8.76. The molecule has 0 spiro atoms. The van der Waals surface area contributed by atoms with Crippen LogP contribution in [0.3, 0.4) is 0 Å². The lowest BCUT2D eigenvalue weighted by Crippen LogP contribution is -2.37. The third-order valence-corrected chi connectivity index (χ3v) is 11.5. The fourth-order valence-corrected chi connectivity index (χ4v) is 8.93. The van der Waals surface area contributed by atoms with Gasteiger partial charge in [0.1, 0.15) is 6.79 Å². The van der Waals surface area contributed by atoms with E-state index in [4.69, 9.17) is 18.9 Å². The van der Waals surface area contributed by atoms with Gasteiger partial charge in [0.15, 0.2) is 23.0 Å². The maximum Gasteiger partial charge on any atom is 0.200 e. The summed E-state index contributed by atoms with van der Waals surface area (Å²) in [6.07, 6.45) is 5.07. The summed E-state index contributed by atoms with van der Waals surface area (Å²) in [4.78, 5) is 0. The van der Waals surface area contributed by atoms with Gasteiger partial charge in [-0.05, 0) is 105 Å². The first-order chi connectivity index (χ1) is 22.3. The van der Waals surface area contributed by atoms with E-state index in [0.717, 1.165) is 55.2 Å². The molecule has 12 heteroatoms. The monoisotopic (exact) mass is 682 g/mol. The molecule has 2 aromatic rings. The van der Waals surface area contributed by atoms with Crippen LogP contribution in [-0.4, -0.2) is 88.4 Å². The number of hydrogen-bond acceptors (Lipinski definition) is 12. The van der Waals surface area contributed by atoms with Gasteiger partial charge in [0.05, 0.1) is 38.6 Å². The molecule has 10 nitrogen and oxygen atoms in total.